The Kier molecular flexibility index (Phi) is 9.28. The van der Waals surface area contributed by atoms with Crippen LogP contribution in [0.25, 0.3) is 0 Å². The fourth-order valence-corrected chi connectivity index (χ4v) is 2.35. The van der Waals surface area contributed by atoms with E-state index in [1.54, 1.807) is 19.2 Å². The summed E-state index contributed by atoms with van der Waals surface area (Å²) in [5, 5.41) is 2.90. The quantitative estimate of drug-likeness (QED) is 0.598. The molecule has 124 valence electrons. The number of nitrogens with one attached hydrogen (secondary N) is 1. The summed E-state index contributed by atoms with van der Waals surface area (Å²) in [5.41, 5.74) is 0.690. The third kappa shape index (κ3) is 7.43. The molecule has 0 aliphatic rings. The van der Waals surface area contributed by atoms with Gasteiger partial charge < -0.3 is 5.32 Å². The van der Waals surface area contributed by atoms with Crippen molar-refractivity contribution in [3.8, 4) is 0 Å². The minimum Gasteiger partial charge on any atom is -0.338 e. The van der Waals surface area contributed by atoms with Gasteiger partial charge in [0.05, 0.1) is 0 Å². The van der Waals surface area contributed by atoms with Gasteiger partial charge >= 0.3 is 6.03 Å². The number of carbonyl (C=O) groups excluding carboxylic acids is 1. The van der Waals surface area contributed by atoms with Gasteiger partial charge in [-0.05, 0) is 30.7 Å². The number of halogens is 1. The number of unbranched alkanes of at least 4 members (excludes halogenated alkanes) is 7. The largest absolute Gasteiger partial charge is 0.338 e. The Balaban J connectivity index is 2.09. The second-order valence-corrected chi connectivity index (χ2v) is 5.74. The van der Waals surface area contributed by atoms with E-state index in [2.05, 4.69) is 12.2 Å². The Hall–Kier alpha value is -1.58. The normalized spacial score (nSPS) is 10.5. The summed E-state index contributed by atoms with van der Waals surface area (Å²) in [7, 11) is 1.69. The van der Waals surface area contributed by atoms with Crippen LogP contribution in [0.5, 0.6) is 0 Å². The summed E-state index contributed by atoms with van der Waals surface area (Å²) in [6, 6.07) is 5.78. The van der Waals surface area contributed by atoms with Crippen LogP contribution < -0.4 is 10.2 Å². The van der Waals surface area contributed by atoms with E-state index in [0.29, 0.717) is 12.2 Å². The number of anilines is 1. The van der Waals surface area contributed by atoms with Gasteiger partial charge in [0.25, 0.3) is 0 Å². The van der Waals surface area contributed by atoms with Gasteiger partial charge in [-0.25, -0.2) is 9.18 Å². The summed E-state index contributed by atoms with van der Waals surface area (Å²) >= 11 is 0. The number of rotatable bonds is 10. The van der Waals surface area contributed by atoms with Crippen LogP contribution in [-0.4, -0.2) is 19.6 Å². The first-order chi connectivity index (χ1) is 10.6. The van der Waals surface area contributed by atoms with Crippen molar-refractivity contribution in [2.24, 2.45) is 0 Å². The molecule has 1 N–H and O–H groups in total. The highest BCUT2D eigenvalue weighted by molar-refractivity contribution is 5.91. The van der Waals surface area contributed by atoms with Crippen molar-refractivity contribution in [3.63, 3.8) is 0 Å². The molecule has 1 aromatic rings. The predicted molar refractivity (Wildman–Crippen MR) is 90.8 cm³/mol. The molecule has 1 rings (SSSR count). The van der Waals surface area contributed by atoms with Crippen LogP contribution in [-0.2, 0) is 0 Å². The molecule has 0 saturated carbocycles. The molecule has 0 aliphatic carbocycles. The highest BCUT2D eigenvalue weighted by atomic mass is 19.1. The Morgan fingerprint density at radius 3 is 2.14 bits per heavy atom. The van der Waals surface area contributed by atoms with Crippen LogP contribution >= 0.6 is 0 Å². The van der Waals surface area contributed by atoms with Crippen molar-refractivity contribution in [2.45, 2.75) is 58.3 Å². The average Bonchev–Trinajstić information content (AvgIpc) is 2.53. The van der Waals surface area contributed by atoms with Crippen LogP contribution in [0.1, 0.15) is 58.3 Å². The molecule has 0 radical (unpaired) electrons. The zero-order chi connectivity index (χ0) is 16.2. The molecule has 0 saturated heterocycles. The summed E-state index contributed by atoms with van der Waals surface area (Å²) in [6.45, 7) is 2.92. The highest BCUT2D eigenvalue weighted by Gasteiger charge is 2.09. The number of amides is 2. The lowest BCUT2D eigenvalue weighted by atomic mass is 10.1. The van der Waals surface area contributed by atoms with Gasteiger partial charge in [-0.15, -0.1) is 0 Å². The maximum Gasteiger partial charge on any atom is 0.321 e. The van der Waals surface area contributed by atoms with Gasteiger partial charge in [0, 0.05) is 19.3 Å². The van der Waals surface area contributed by atoms with E-state index in [4.69, 9.17) is 0 Å². The van der Waals surface area contributed by atoms with Gasteiger partial charge in [0.2, 0.25) is 0 Å². The maximum atomic E-state index is 12.9. The van der Waals surface area contributed by atoms with E-state index in [1.807, 2.05) is 0 Å². The van der Waals surface area contributed by atoms with E-state index in [9.17, 15) is 9.18 Å². The molecule has 0 fully saturated rings. The minimum atomic E-state index is -0.295. The fraction of sp³-hybridized carbons (Fsp3) is 0.611. The minimum absolute atomic E-state index is 0.144. The second-order valence-electron chi connectivity index (χ2n) is 5.74. The zero-order valence-electron chi connectivity index (χ0n) is 13.9. The molecule has 2 amide bonds. The van der Waals surface area contributed by atoms with Crippen LogP contribution in [0.4, 0.5) is 14.9 Å². The van der Waals surface area contributed by atoms with Crippen molar-refractivity contribution < 1.29 is 9.18 Å². The lowest BCUT2D eigenvalue weighted by Crippen LogP contribution is -2.37. The molecule has 22 heavy (non-hydrogen) atoms. The standard InChI is InChI=1S/C18H29FN2O/c1-3-4-5-6-7-8-9-10-15-20-18(22)21(2)17-13-11-16(19)12-14-17/h11-14H,3-10,15H2,1-2H3,(H,20,22). The lowest BCUT2D eigenvalue weighted by molar-refractivity contribution is 0.247. The molecule has 4 heteroatoms. The second kappa shape index (κ2) is 11.0. The lowest BCUT2D eigenvalue weighted by Gasteiger charge is -2.18. The number of benzene rings is 1. The Morgan fingerprint density at radius 1 is 1.00 bits per heavy atom. The Bertz CT molecular complexity index is 420. The highest BCUT2D eigenvalue weighted by Crippen LogP contribution is 2.13. The van der Waals surface area contributed by atoms with E-state index < -0.39 is 0 Å². The van der Waals surface area contributed by atoms with Crippen molar-refractivity contribution in [2.75, 3.05) is 18.5 Å². The van der Waals surface area contributed by atoms with E-state index >= 15 is 0 Å². The smallest absolute Gasteiger partial charge is 0.321 e. The number of hydrogen-bond donors (Lipinski definition) is 1. The molecule has 0 spiro atoms. The molecule has 0 aromatic heterocycles. The van der Waals surface area contributed by atoms with Crippen molar-refractivity contribution >= 4 is 11.7 Å². The molecule has 1 aromatic carbocycles. The molecule has 0 atom stereocenters. The fourth-order valence-electron chi connectivity index (χ4n) is 2.35. The van der Waals surface area contributed by atoms with E-state index in [0.717, 1.165) is 12.8 Å². The first kappa shape index (κ1) is 18.5. The summed E-state index contributed by atoms with van der Waals surface area (Å²) < 4.78 is 12.9. The van der Waals surface area contributed by atoms with Crippen LogP contribution in [0.15, 0.2) is 24.3 Å². The van der Waals surface area contributed by atoms with Crippen LogP contribution in [0.3, 0.4) is 0 Å². The first-order valence-electron chi connectivity index (χ1n) is 8.42. The molecule has 0 bridgehead atoms. The average molecular weight is 308 g/mol. The zero-order valence-corrected chi connectivity index (χ0v) is 13.9. The van der Waals surface area contributed by atoms with Gasteiger partial charge in [0.1, 0.15) is 5.82 Å². The van der Waals surface area contributed by atoms with Gasteiger partial charge in [-0.3, -0.25) is 4.90 Å². The van der Waals surface area contributed by atoms with Crippen molar-refractivity contribution in [1.29, 1.82) is 0 Å². The molecule has 0 unspecified atom stereocenters. The van der Waals surface area contributed by atoms with Crippen molar-refractivity contribution in [3.05, 3.63) is 30.1 Å². The van der Waals surface area contributed by atoms with Crippen LogP contribution in [0, 0.1) is 5.82 Å². The third-order valence-corrected chi connectivity index (χ3v) is 3.83. The van der Waals surface area contributed by atoms with Gasteiger partial charge in [-0.2, -0.15) is 0 Å². The SMILES string of the molecule is CCCCCCCCCCNC(=O)N(C)c1ccc(F)cc1. The maximum absolute atomic E-state index is 12.9. The molecule has 0 aliphatic heterocycles. The summed E-state index contributed by atoms with van der Waals surface area (Å²) in [4.78, 5) is 13.5. The number of nitrogens with zero attached hydrogens (tertiary/aromatic N) is 1. The Labute approximate surface area is 133 Å². The van der Waals surface area contributed by atoms with Gasteiger partial charge in [-0.1, -0.05) is 51.9 Å². The van der Waals surface area contributed by atoms with E-state index in [1.165, 1.54) is 55.6 Å². The number of hydrogen-bond acceptors (Lipinski definition) is 1. The summed E-state index contributed by atoms with van der Waals surface area (Å²) in [5.74, 6) is -0.295. The topological polar surface area (TPSA) is 32.3 Å². The number of urea groups is 1. The summed E-state index contributed by atoms with van der Waals surface area (Å²) in [6.07, 6.45) is 10.0. The third-order valence-electron chi connectivity index (χ3n) is 3.83. The number of carbonyl (C=O) groups is 1. The molecular formula is C18H29FN2O. The van der Waals surface area contributed by atoms with E-state index in [-0.39, 0.29) is 11.8 Å². The van der Waals surface area contributed by atoms with Crippen LogP contribution in [0.2, 0.25) is 0 Å². The molecule has 3 nitrogen and oxygen atoms in total. The predicted octanol–water partition coefficient (Wildman–Crippen LogP) is 5.11. The molecular weight excluding hydrogens is 279 g/mol. The first-order valence-corrected chi connectivity index (χ1v) is 8.42. The van der Waals surface area contributed by atoms with Crippen molar-refractivity contribution in [1.82, 2.24) is 5.32 Å². The molecule has 0 heterocycles. The Morgan fingerprint density at radius 2 is 1.55 bits per heavy atom. The van der Waals surface area contributed by atoms with Gasteiger partial charge in [0.15, 0.2) is 0 Å². The monoisotopic (exact) mass is 308 g/mol.